The van der Waals surface area contributed by atoms with Crippen molar-refractivity contribution in [1.29, 1.82) is 0 Å². The highest BCUT2D eigenvalue weighted by Crippen LogP contribution is 2.34. The summed E-state index contributed by atoms with van der Waals surface area (Å²) in [5.74, 6) is 1.24. The van der Waals surface area contributed by atoms with Crippen molar-refractivity contribution in [2.24, 2.45) is 0 Å². The number of aromatic nitrogens is 2. The highest BCUT2D eigenvalue weighted by atomic mass is 28.3. The maximum Gasteiger partial charge on any atom is 0.291 e. The van der Waals surface area contributed by atoms with Gasteiger partial charge in [0.2, 0.25) is 17.7 Å². The topological polar surface area (TPSA) is 120 Å². The second-order valence-electron chi connectivity index (χ2n) is 11.4. The zero-order valence-electron chi connectivity index (χ0n) is 25.2. The average molecular weight is 596 g/mol. The molecule has 0 saturated carbocycles. The smallest absolute Gasteiger partial charge is 0.291 e. The van der Waals surface area contributed by atoms with Gasteiger partial charge in [-0.15, -0.1) is 0 Å². The summed E-state index contributed by atoms with van der Waals surface area (Å²) < 4.78 is 28.2. The number of carbonyl (C=O) groups is 1. The number of ether oxygens (including phenoxy) is 4. The lowest BCUT2D eigenvalue weighted by atomic mass is 10.1. The van der Waals surface area contributed by atoms with E-state index >= 15 is 0 Å². The molecule has 2 aliphatic heterocycles. The van der Waals surface area contributed by atoms with E-state index in [1.807, 2.05) is 6.92 Å². The molecule has 12 heteroatoms. The molecule has 0 spiro atoms. The molecule has 4 heterocycles. The molecule has 1 aromatic carbocycles. The van der Waals surface area contributed by atoms with Gasteiger partial charge in [0, 0.05) is 25.7 Å². The van der Waals surface area contributed by atoms with Crippen LogP contribution in [0.4, 0.5) is 11.6 Å². The summed E-state index contributed by atoms with van der Waals surface area (Å²) in [5.41, 5.74) is 2.62. The Morgan fingerprint density at radius 3 is 2.55 bits per heavy atom. The molecule has 5 rings (SSSR count). The Labute approximate surface area is 247 Å². The Morgan fingerprint density at radius 2 is 1.83 bits per heavy atom. The number of fused-ring (bicyclic) bond motifs is 1. The van der Waals surface area contributed by atoms with Crippen molar-refractivity contribution in [1.82, 2.24) is 14.9 Å². The van der Waals surface area contributed by atoms with E-state index in [1.54, 1.807) is 12.1 Å². The van der Waals surface area contributed by atoms with E-state index in [0.29, 0.717) is 12.5 Å². The van der Waals surface area contributed by atoms with Crippen LogP contribution in [0.3, 0.4) is 0 Å². The summed E-state index contributed by atoms with van der Waals surface area (Å²) in [6, 6.07) is 8.92. The van der Waals surface area contributed by atoms with Gasteiger partial charge in [0.25, 0.3) is 11.9 Å². The Bertz CT molecular complexity index is 1380. The fraction of sp³-hybridized carbons (Fsp3) is 0.500. The predicted octanol–water partition coefficient (Wildman–Crippen LogP) is 4.44. The maximum atomic E-state index is 13.1. The number of methoxy groups -OCH3 is 2. The summed E-state index contributed by atoms with van der Waals surface area (Å²) in [6.45, 7) is 12.0. The van der Waals surface area contributed by atoms with Crippen molar-refractivity contribution in [3.63, 3.8) is 0 Å². The first-order valence-electron chi connectivity index (χ1n) is 14.5. The molecule has 11 nitrogen and oxygen atoms in total. The minimum absolute atomic E-state index is 0.0728. The van der Waals surface area contributed by atoms with Gasteiger partial charge in [-0.2, -0.15) is 9.97 Å². The summed E-state index contributed by atoms with van der Waals surface area (Å²) in [6.07, 6.45) is 3.19. The lowest BCUT2D eigenvalue weighted by Gasteiger charge is -2.31. The zero-order chi connectivity index (χ0) is 29.7. The molecule has 1 fully saturated rings. The Kier molecular flexibility index (Phi) is 9.34. The Balaban J connectivity index is 1.23. The molecular formula is C30H41N5O6Si. The number of rotatable bonds is 11. The predicted molar refractivity (Wildman–Crippen MR) is 164 cm³/mol. The lowest BCUT2D eigenvalue weighted by Crippen LogP contribution is -2.46. The Hall–Kier alpha value is -3.61. The van der Waals surface area contributed by atoms with E-state index in [0.717, 1.165) is 57.0 Å². The van der Waals surface area contributed by atoms with Gasteiger partial charge in [-0.25, -0.2) is 0 Å². The van der Waals surface area contributed by atoms with E-state index in [-0.39, 0.29) is 29.2 Å². The largest absolute Gasteiger partial charge is 0.479 e. The number of hydrogen-bond acceptors (Lipinski definition) is 10. The van der Waals surface area contributed by atoms with Gasteiger partial charge in [0.05, 0.1) is 35.5 Å². The van der Waals surface area contributed by atoms with Crippen LogP contribution in [0.5, 0.6) is 23.5 Å². The molecule has 3 aromatic rings. The fourth-order valence-electron chi connectivity index (χ4n) is 5.54. The standard InChI is InChI=1S/C30H41N5O6Si/c1-20-18-24-21(8-6-17-42(24,4)5)19-23(20)41-25-10-9-22(40-25)27(36)32-26-28(37-2)33-30(34-29(26)38-3)31-11-7-12-35-13-15-39-16-14-35/h9-10,18-19H,6-8,11-17H2,1-5H3,(H,32,36)(H,31,33,34). The number of carbonyl (C=O) groups excluding carboxylic acids is 1. The second kappa shape index (κ2) is 13.1. The second-order valence-corrected chi connectivity index (χ2v) is 16.2. The van der Waals surface area contributed by atoms with E-state index in [4.69, 9.17) is 23.4 Å². The average Bonchev–Trinajstić information content (AvgIpc) is 3.46. The summed E-state index contributed by atoms with van der Waals surface area (Å²) in [4.78, 5) is 24.4. The molecule has 0 bridgehead atoms. The minimum Gasteiger partial charge on any atom is -0.479 e. The fourth-order valence-corrected chi connectivity index (χ4v) is 8.55. The van der Waals surface area contributed by atoms with Gasteiger partial charge in [-0.05, 0) is 49.6 Å². The first kappa shape index (κ1) is 29.9. The highest BCUT2D eigenvalue weighted by molar-refractivity contribution is 6.90. The molecular weight excluding hydrogens is 554 g/mol. The summed E-state index contributed by atoms with van der Waals surface area (Å²) >= 11 is 0. The third-order valence-corrected chi connectivity index (χ3v) is 11.4. The number of anilines is 2. The monoisotopic (exact) mass is 595 g/mol. The van der Waals surface area contributed by atoms with E-state index in [2.05, 4.69) is 50.7 Å². The van der Waals surface area contributed by atoms with Crippen molar-refractivity contribution < 1.29 is 28.2 Å². The number of amides is 1. The summed E-state index contributed by atoms with van der Waals surface area (Å²) in [7, 11) is 1.54. The molecule has 0 unspecified atom stereocenters. The normalized spacial score (nSPS) is 16.4. The molecule has 1 amide bonds. The number of hydrogen-bond donors (Lipinski definition) is 2. The zero-order valence-corrected chi connectivity index (χ0v) is 26.2. The van der Waals surface area contributed by atoms with Crippen LogP contribution in [0.25, 0.3) is 0 Å². The van der Waals surface area contributed by atoms with E-state index < -0.39 is 14.0 Å². The van der Waals surface area contributed by atoms with Crippen LogP contribution in [0, 0.1) is 6.92 Å². The molecule has 0 radical (unpaired) electrons. The van der Waals surface area contributed by atoms with Crippen molar-refractivity contribution in [3.05, 3.63) is 41.2 Å². The molecule has 2 aromatic heterocycles. The SMILES string of the molecule is COc1nc(NCCCN2CCOCC2)nc(OC)c1NC(=O)c1ccc(Oc2cc3c(cc2C)[Si](C)(C)CCC3)o1. The van der Waals surface area contributed by atoms with Gasteiger partial charge in [-0.1, -0.05) is 36.8 Å². The van der Waals surface area contributed by atoms with Crippen molar-refractivity contribution in [2.75, 3.05) is 64.2 Å². The van der Waals surface area contributed by atoms with Crippen LogP contribution in [-0.4, -0.2) is 82.5 Å². The van der Waals surface area contributed by atoms with Crippen LogP contribution in [-0.2, 0) is 11.2 Å². The Morgan fingerprint density at radius 1 is 1.10 bits per heavy atom. The van der Waals surface area contributed by atoms with Gasteiger partial charge < -0.3 is 34.0 Å². The number of benzene rings is 1. The first-order chi connectivity index (χ1) is 20.3. The van der Waals surface area contributed by atoms with Crippen molar-refractivity contribution in [3.8, 4) is 23.5 Å². The van der Waals surface area contributed by atoms with Crippen LogP contribution in [0.1, 0.15) is 34.5 Å². The first-order valence-corrected chi connectivity index (χ1v) is 17.7. The van der Waals surface area contributed by atoms with Crippen molar-refractivity contribution in [2.45, 2.75) is 45.3 Å². The quantitative estimate of drug-likeness (QED) is 0.243. The van der Waals surface area contributed by atoms with Crippen LogP contribution >= 0.6 is 0 Å². The molecule has 226 valence electrons. The highest BCUT2D eigenvalue weighted by Gasteiger charge is 2.30. The van der Waals surface area contributed by atoms with E-state index in [1.165, 1.54) is 37.4 Å². The maximum absolute atomic E-state index is 13.1. The third-order valence-electron chi connectivity index (χ3n) is 7.90. The van der Waals surface area contributed by atoms with Crippen LogP contribution in [0.2, 0.25) is 19.1 Å². The van der Waals surface area contributed by atoms with Gasteiger partial charge in [0.1, 0.15) is 5.75 Å². The van der Waals surface area contributed by atoms with Gasteiger partial charge >= 0.3 is 0 Å². The molecule has 0 aliphatic carbocycles. The van der Waals surface area contributed by atoms with Gasteiger partial charge in [-0.3, -0.25) is 9.69 Å². The van der Waals surface area contributed by atoms with Gasteiger partial charge in [0.15, 0.2) is 11.4 Å². The minimum atomic E-state index is -1.41. The van der Waals surface area contributed by atoms with Crippen molar-refractivity contribution >= 4 is 30.8 Å². The van der Waals surface area contributed by atoms with Crippen LogP contribution in [0.15, 0.2) is 28.7 Å². The number of morpholine rings is 1. The number of nitrogens with zero attached hydrogens (tertiary/aromatic N) is 3. The lowest BCUT2D eigenvalue weighted by molar-refractivity contribution is 0.0378. The van der Waals surface area contributed by atoms with Crippen LogP contribution < -0.4 is 30.0 Å². The number of nitrogens with one attached hydrogen (secondary N) is 2. The number of furan rings is 1. The number of aryl methyl sites for hydroxylation is 2. The molecule has 2 aliphatic rings. The molecule has 42 heavy (non-hydrogen) atoms. The third kappa shape index (κ3) is 6.88. The summed E-state index contributed by atoms with van der Waals surface area (Å²) in [5, 5.41) is 7.49. The molecule has 2 N–H and O–H groups in total. The molecule has 0 atom stereocenters. The van der Waals surface area contributed by atoms with E-state index in [9.17, 15) is 4.79 Å². The molecule has 1 saturated heterocycles.